The summed E-state index contributed by atoms with van der Waals surface area (Å²) in [6, 6.07) is 12.3. The van der Waals surface area contributed by atoms with Gasteiger partial charge < -0.3 is 14.4 Å². The van der Waals surface area contributed by atoms with Crippen molar-refractivity contribution in [3.05, 3.63) is 65.7 Å². The van der Waals surface area contributed by atoms with Crippen molar-refractivity contribution < 1.29 is 19.1 Å². The number of likely N-dealkylation sites (N-methyl/N-ethyl adjacent to an activating group) is 1. The van der Waals surface area contributed by atoms with E-state index in [9.17, 15) is 9.59 Å². The molecule has 144 valence electrons. The maximum Gasteiger partial charge on any atom is 0.259 e. The van der Waals surface area contributed by atoms with Crippen LogP contribution in [0.15, 0.2) is 49.0 Å². The Kier molecular flexibility index (Phi) is 4.55. The summed E-state index contributed by atoms with van der Waals surface area (Å²) in [6.07, 6.45) is 0. The molecule has 1 unspecified atom stereocenters. The number of nitrogens with zero attached hydrogens (tertiary/aromatic N) is 2. The summed E-state index contributed by atoms with van der Waals surface area (Å²) >= 11 is 0. The van der Waals surface area contributed by atoms with Gasteiger partial charge in [0, 0.05) is 30.4 Å². The molecule has 2 aliphatic heterocycles. The molecule has 6 heteroatoms. The van der Waals surface area contributed by atoms with Crippen LogP contribution < -0.4 is 9.47 Å². The Hall–Kier alpha value is -3.28. The highest BCUT2D eigenvalue weighted by molar-refractivity contribution is 6.10. The summed E-state index contributed by atoms with van der Waals surface area (Å²) in [4.78, 5) is 28.8. The van der Waals surface area contributed by atoms with E-state index in [1.807, 2.05) is 36.4 Å². The number of ether oxygens (including phenoxy) is 2. The van der Waals surface area contributed by atoms with E-state index >= 15 is 0 Å². The third kappa shape index (κ3) is 3.01. The first-order valence-corrected chi connectivity index (χ1v) is 9.22. The summed E-state index contributed by atoms with van der Waals surface area (Å²) < 4.78 is 11.1. The quantitative estimate of drug-likeness (QED) is 0.821. The Morgan fingerprint density at radius 3 is 2.54 bits per heavy atom. The van der Waals surface area contributed by atoms with Gasteiger partial charge in [-0.25, -0.2) is 0 Å². The van der Waals surface area contributed by atoms with E-state index in [4.69, 9.17) is 9.47 Å². The van der Waals surface area contributed by atoms with Crippen molar-refractivity contribution in [2.24, 2.45) is 0 Å². The van der Waals surface area contributed by atoms with Crippen LogP contribution in [0.1, 0.15) is 28.4 Å². The van der Waals surface area contributed by atoms with Gasteiger partial charge in [-0.3, -0.25) is 14.5 Å². The topological polar surface area (TPSA) is 59.1 Å². The number of rotatable bonds is 4. The van der Waals surface area contributed by atoms with E-state index in [1.54, 1.807) is 24.9 Å². The lowest BCUT2D eigenvalue weighted by Crippen LogP contribution is -2.45. The summed E-state index contributed by atoms with van der Waals surface area (Å²) in [5, 5.41) is 0. The van der Waals surface area contributed by atoms with Crippen LogP contribution in [0.5, 0.6) is 11.5 Å². The highest BCUT2D eigenvalue weighted by atomic mass is 16.6. The molecule has 0 N–H and O–H groups in total. The van der Waals surface area contributed by atoms with Gasteiger partial charge >= 0.3 is 0 Å². The fourth-order valence-corrected chi connectivity index (χ4v) is 3.68. The van der Waals surface area contributed by atoms with Crippen molar-refractivity contribution in [2.75, 3.05) is 20.3 Å². The third-order valence-corrected chi connectivity index (χ3v) is 5.13. The molecule has 2 aliphatic rings. The minimum atomic E-state index is -0.644. The van der Waals surface area contributed by atoms with Gasteiger partial charge in [-0.15, -0.1) is 0 Å². The SMILES string of the molecule is C=C1c2ccccc2C(=O)N1C(C)C(=O)N(C)Cc1ccc2c(c1)OCCO2. The van der Waals surface area contributed by atoms with Gasteiger partial charge in [0.15, 0.2) is 11.5 Å². The molecular formula is C22H22N2O4. The number of fused-ring (bicyclic) bond motifs is 2. The lowest BCUT2D eigenvalue weighted by Gasteiger charge is -2.29. The molecule has 0 radical (unpaired) electrons. The lowest BCUT2D eigenvalue weighted by atomic mass is 10.1. The first-order valence-electron chi connectivity index (χ1n) is 9.22. The summed E-state index contributed by atoms with van der Waals surface area (Å²) in [5.41, 5.74) is 2.86. The largest absolute Gasteiger partial charge is 0.486 e. The number of amides is 2. The van der Waals surface area contributed by atoms with Gasteiger partial charge in [0.05, 0.1) is 0 Å². The van der Waals surface area contributed by atoms with Crippen LogP contribution in [0.2, 0.25) is 0 Å². The monoisotopic (exact) mass is 378 g/mol. The highest BCUT2D eigenvalue weighted by Crippen LogP contribution is 2.34. The molecule has 28 heavy (non-hydrogen) atoms. The Balaban J connectivity index is 1.48. The molecule has 0 aliphatic carbocycles. The van der Waals surface area contributed by atoms with Crippen LogP contribution in [0.3, 0.4) is 0 Å². The molecule has 0 aromatic heterocycles. The molecular weight excluding hydrogens is 356 g/mol. The van der Waals surface area contributed by atoms with E-state index in [2.05, 4.69) is 6.58 Å². The maximum atomic E-state index is 13.0. The van der Waals surface area contributed by atoms with Gasteiger partial charge in [0.1, 0.15) is 19.3 Å². The van der Waals surface area contributed by atoms with E-state index in [1.165, 1.54) is 4.90 Å². The average Bonchev–Trinajstić information content (AvgIpc) is 2.97. The minimum Gasteiger partial charge on any atom is -0.486 e. The zero-order valence-corrected chi connectivity index (χ0v) is 16.0. The van der Waals surface area contributed by atoms with E-state index in [0.29, 0.717) is 42.5 Å². The zero-order valence-electron chi connectivity index (χ0n) is 16.0. The van der Waals surface area contributed by atoms with Crippen LogP contribution in [0, 0.1) is 0 Å². The smallest absolute Gasteiger partial charge is 0.259 e. The van der Waals surface area contributed by atoms with E-state index < -0.39 is 6.04 Å². The van der Waals surface area contributed by atoms with Crippen LogP contribution in [-0.2, 0) is 11.3 Å². The molecule has 0 saturated carbocycles. The molecule has 6 nitrogen and oxygen atoms in total. The zero-order chi connectivity index (χ0) is 19.8. The summed E-state index contributed by atoms with van der Waals surface area (Å²) in [6.45, 7) is 7.22. The van der Waals surface area contributed by atoms with Crippen molar-refractivity contribution in [1.29, 1.82) is 0 Å². The number of hydrogen-bond acceptors (Lipinski definition) is 4. The summed E-state index contributed by atoms with van der Waals surface area (Å²) in [7, 11) is 1.73. The normalized spacial score (nSPS) is 16.0. The second kappa shape index (κ2) is 7.03. The van der Waals surface area contributed by atoms with Crippen LogP contribution in [0.4, 0.5) is 0 Å². The van der Waals surface area contributed by atoms with Crippen molar-refractivity contribution in [3.8, 4) is 11.5 Å². The maximum absolute atomic E-state index is 13.0. The fourth-order valence-electron chi connectivity index (χ4n) is 3.68. The van der Waals surface area contributed by atoms with Crippen LogP contribution >= 0.6 is 0 Å². The molecule has 2 aromatic rings. The number of benzene rings is 2. The third-order valence-electron chi connectivity index (χ3n) is 5.13. The molecule has 0 spiro atoms. The van der Waals surface area contributed by atoms with E-state index in [0.717, 1.165) is 11.1 Å². The van der Waals surface area contributed by atoms with Crippen molar-refractivity contribution in [1.82, 2.24) is 9.80 Å². The van der Waals surface area contributed by atoms with Gasteiger partial charge in [-0.05, 0) is 30.7 Å². The van der Waals surface area contributed by atoms with Gasteiger partial charge in [-0.1, -0.05) is 30.8 Å². The Morgan fingerprint density at radius 1 is 1.14 bits per heavy atom. The average molecular weight is 378 g/mol. The first kappa shape index (κ1) is 18.1. The van der Waals surface area contributed by atoms with Crippen molar-refractivity contribution >= 4 is 17.5 Å². The second-order valence-electron chi connectivity index (χ2n) is 7.02. The molecule has 0 saturated heterocycles. The Morgan fingerprint density at radius 2 is 1.82 bits per heavy atom. The first-order chi connectivity index (χ1) is 13.5. The minimum absolute atomic E-state index is 0.155. The Bertz CT molecular complexity index is 934. The predicted octanol–water partition coefficient (Wildman–Crippen LogP) is 2.93. The fraction of sp³-hybridized carbons (Fsp3) is 0.273. The lowest BCUT2D eigenvalue weighted by molar-refractivity contribution is -0.133. The van der Waals surface area contributed by atoms with Gasteiger partial charge in [-0.2, -0.15) is 0 Å². The Labute approximate surface area is 164 Å². The van der Waals surface area contributed by atoms with E-state index in [-0.39, 0.29) is 11.8 Å². The summed E-state index contributed by atoms with van der Waals surface area (Å²) in [5.74, 6) is 1.07. The molecule has 1 atom stereocenters. The van der Waals surface area contributed by atoms with Gasteiger partial charge in [0.25, 0.3) is 5.91 Å². The highest BCUT2D eigenvalue weighted by Gasteiger charge is 2.37. The molecule has 2 amide bonds. The number of hydrogen-bond donors (Lipinski definition) is 0. The molecule has 0 fully saturated rings. The van der Waals surface area contributed by atoms with Crippen molar-refractivity contribution in [3.63, 3.8) is 0 Å². The predicted molar refractivity (Wildman–Crippen MR) is 105 cm³/mol. The molecule has 2 aromatic carbocycles. The number of carbonyl (C=O) groups is 2. The molecule has 2 heterocycles. The standard InChI is InChI=1S/C22H22N2O4/c1-14-17-6-4-5-7-18(17)22(26)24(14)15(2)21(25)23(3)13-16-8-9-19-20(12-16)28-11-10-27-19/h4-9,12,15H,1,10-11,13H2,2-3H3. The van der Waals surface area contributed by atoms with Crippen molar-refractivity contribution in [2.45, 2.75) is 19.5 Å². The van der Waals surface area contributed by atoms with Crippen LogP contribution in [-0.4, -0.2) is 47.9 Å². The van der Waals surface area contributed by atoms with Gasteiger partial charge in [0.2, 0.25) is 5.91 Å². The number of carbonyl (C=O) groups excluding carboxylic acids is 2. The second-order valence-corrected chi connectivity index (χ2v) is 7.02. The molecule has 4 rings (SSSR count). The van der Waals surface area contributed by atoms with Crippen LogP contribution in [0.25, 0.3) is 5.70 Å². The molecule has 0 bridgehead atoms.